The molecule has 0 unspecified atom stereocenters. The van der Waals surface area contributed by atoms with E-state index in [1.807, 2.05) is 25.3 Å². The molecule has 0 aliphatic heterocycles. The first-order valence-electron chi connectivity index (χ1n) is 7.85. The smallest absolute Gasteiger partial charge is 0.338 e. The van der Waals surface area contributed by atoms with Crippen LogP contribution in [0.1, 0.15) is 22.8 Å². The number of thioether (sulfide) groups is 1. The highest BCUT2D eigenvalue weighted by Gasteiger charge is 2.20. The van der Waals surface area contributed by atoms with Crippen LogP contribution in [0.15, 0.2) is 41.3 Å². The van der Waals surface area contributed by atoms with Crippen molar-refractivity contribution in [2.75, 3.05) is 18.7 Å². The summed E-state index contributed by atoms with van der Waals surface area (Å²) in [6, 6.07) is 10.3. The fourth-order valence-electron chi connectivity index (χ4n) is 2.17. The van der Waals surface area contributed by atoms with Crippen LogP contribution < -0.4 is 10.1 Å². The molecule has 138 valence electrons. The normalized spacial score (nSPS) is 11.6. The third kappa shape index (κ3) is 4.93. The van der Waals surface area contributed by atoms with Crippen molar-refractivity contribution in [3.63, 3.8) is 0 Å². The third-order valence-corrected chi connectivity index (χ3v) is 4.87. The molecule has 0 aliphatic carbocycles. The van der Waals surface area contributed by atoms with Gasteiger partial charge in [0.1, 0.15) is 5.75 Å². The second-order valence-electron chi connectivity index (χ2n) is 5.57. The molecule has 0 saturated carbocycles. The number of hydrogen-bond acceptors (Lipinski definition) is 5. The molecule has 0 aromatic heterocycles. The zero-order chi connectivity index (χ0) is 19.3. The van der Waals surface area contributed by atoms with Crippen molar-refractivity contribution in [2.24, 2.45) is 0 Å². The van der Waals surface area contributed by atoms with Crippen molar-refractivity contribution in [2.45, 2.75) is 24.8 Å². The van der Waals surface area contributed by atoms with E-state index < -0.39 is 18.0 Å². The van der Waals surface area contributed by atoms with Crippen LogP contribution in [0.3, 0.4) is 0 Å². The molecular weight excluding hydrogens is 374 g/mol. The van der Waals surface area contributed by atoms with Gasteiger partial charge in [0.05, 0.1) is 18.4 Å². The molecule has 2 rings (SSSR count). The van der Waals surface area contributed by atoms with Crippen LogP contribution in [0.2, 0.25) is 5.02 Å². The number of methoxy groups -OCH3 is 1. The molecule has 2 aromatic carbocycles. The molecule has 0 aliphatic rings. The van der Waals surface area contributed by atoms with Gasteiger partial charge in [-0.15, -0.1) is 11.8 Å². The highest BCUT2D eigenvalue weighted by atomic mass is 35.5. The lowest BCUT2D eigenvalue weighted by atomic mass is 10.2. The van der Waals surface area contributed by atoms with Crippen LogP contribution in [-0.2, 0) is 9.53 Å². The van der Waals surface area contributed by atoms with E-state index in [4.69, 9.17) is 21.1 Å². The van der Waals surface area contributed by atoms with Crippen LogP contribution >= 0.6 is 23.4 Å². The first-order chi connectivity index (χ1) is 12.3. The first kappa shape index (κ1) is 20.1. The number of esters is 1. The standard InChI is InChI=1S/C19H20ClNO4S/c1-11-9-16(17(24-3)10-15(11)20)21-18(22)12(2)25-19(23)13-5-7-14(26-4)8-6-13/h5-10,12H,1-4H3,(H,21,22)/t12-/m1/s1. The van der Waals surface area contributed by atoms with Gasteiger partial charge in [0.25, 0.3) is 5.91 Å². The second kappa shape index (κ2) is 8.96. The van der Waals surface area contributed by atoms with Crippen LogP contribution in [-0.4, -0.2) is 31.3 Å². The number of carbonyl (C=O) groups is 2. The largest absolute Gasteiger partial charge is 0.495 e. The Hall–Kier alpha value is -2.18. The molecule has 0 bridgehead atoms. The summed E-state index contributed by atoms with van der Waals surface area (Å²) in [7, 11) is 1.48. The highest BCUT2D eigenvalue weighted by Crippen LogP contribution is 2.31. The molecule has 7 heteroatoms. The van der Waals surface area contributed by atoms with Crippen LogP contribution in [0, 0.1) is 6.92 Å². The zero-order valence-electron chi connectivity index (χ0n) is 15.0. The summed E-state index contributed by atoms with van der Waals surface area (Å²) in [6.07, 6.45) is 0.982. The number of carbonyl (C=O) groups excluding carboxylic acids is 2. The zero-order valence-corrected chi connectivity index (χ0v) is 16.5. The minimum atomic E-state index is -0.969. The van der Waals surface area contributed by atoms with Crippen LogP contribution in [0.25, 0.3) is 0 Å². The van der Waals surface area contributed by atoms with E-state index in [0.29, 0.717) is 22.0 Å². The number of anilines is 1. The van der Waals surface area contributed by atoms with Gasteiger partial charge in [0.15, 0.2) is 6.10 Å². The van der Waals surface area contributed by atoms with Gasteiger partial charge < -0.3 is 14.8 Å². The Bertz CT molecular complexity index is 808. The molecule has 0 radical (unpaired) electrons. The van der Waals surface area contributed by atoms with Gasteiger partial charge in [0, 0.05) is 16.0 Å². The fourth-order valence-corrected chi connectivity index (χ4v) is 2.74. The molecule has 1 N–H and O–H groups in total. The maximum Gasteiger partial charge on any atom is 0.338 e. The van der Waals surface area contributed by atoms with E-state index in [-0.39, 0.29) is 0 Å². The maximum atomic E-state index is 12.4. The summed E-state index contributed by atoms with van der Waals surface area (Å²) < 4.78 is 10.5. The Morgan fingerprint density at radius 3 is 2.42 bits per heavy atom. The van der Waals surface area contributed by atoms with Gasteiger partial charge >= 0.3 is 5.97 Å². The van der Waals surface area contributed by atoms with Crippen molar-refractivity contribution >= 4 is 40.9 Å². The predicted molar refractivity (Wildman–Crippen MR) is 104 cm³/mol. The highest BCUT2D eigenvalue weighted by molar-refractivity contribution is 7.98. The average molecular weight is 394 g/mol. The number of halogens is 1. The van der Waals surface area contributed by atoms with Crippen LogP contribution in [0.4, 0.5) is 5.69 Å². The molecule has 26 heavy (non-hydrogen) atoms. The van der Waals surface area contributed by atoms with Gasteiger partial charge in [-0.3, -0.25) is 4.79 Å². The van der Waals surface area contributed by atoms with Gasteiger partial charge in [-0.1, -0.05) is 11.6 Å². The van der Waals surface area contributed by atoms with E-state index in [1.165, 1.54) is 14.0 Å². The summed E-state index contributed by atoms with van der Waals surface area (Å²) in [5, 5.41) is 3.24. The summed E-state index contributed by atoms with van der Waals surface area (Å²) in [6.45, 7) is 3.33. The number of amides is 1. The maximum absolute atomic E-state index is 12.4. The van der Waals surface area contributed by atoms with E-state index >= 15 is 0 Å². The van der Waals surface area contributed by atoms with E-state index in [1.54, 1.807) is 36.0 Å². The van der Waals surface area contributed by atoms with Crippen molar-refractivity contribution in [1.29, 1.82) is 0 Å². The van der Waals surface area contributed by atoms with Crippen molar-refractivity contribution in [3.8, 4) is 5.75 Å². The fraction of sp³-hybridized carbons (Fsp3) is 0.263. The molecule has 0 saturated heterocycles. The first-order valence-corrected chi connectivity index (χ1v) is 9.46. The minimum absolute atomic E-state index is 0.391. The summed E-state index contributed by atoms with van der Waals surface area (Å²) in [5.74, 6) is -0.584. The van der Waals surface area contributed by atoms with E-state index in [2.05, 4.69) is 5.32 Å². The van der Waals surface area contributed by atoms with Crippen molar-refractivity contribution in [3.05, 3.63) is 52.5 Å². The number of ether oxygens (including phenoxy) is 2. The molecule has 1 amide bonds. The number of benzene rings is 2. The quantitative estimate of drug-likeness (QED) is 0.575. The second-order valence-corrected chi connectivity index (χ2v) is 6.85. The monoisotopic (exact) mass is 393 g/mol. The van der Waals surface area contributed by atoms with Gasteiger partial charge in [-0.2, -0.15) is 0 Å². The molecule has 2 aromatic rings. The average Bonchev–Trinajstić information content (AvgIpc) is 2.64. The lowest BCUT2D eigenvalue weighted by Gasteiger charge is -2.16. The molecule has 0 heterocycles. The number of rotatable bonds is 6. The lowest BCUT2D eigenvalue weighted by Crippen LogP contribution is -2.30. The number of aryl methyl sites for hydroxylation is 1. The molecule has 0 spiro atoms. The lowest BCUT2D eigenvalue weighted by molar-refractivity contribution is -0.123. The summed E-state index contributed by atoms with van der Waals surface area (Å²) in [5.41, 5.74) is 1.65. The summed E-state index contributed by atoms with van der Waals surface area (Å²) in [4.78, 5) is 25.6. The predicted octanol–water partition coefficient (Wildman–Crippen LogP) is 4.56. The minimum Gasteiger partial charge on any atom is -0.495 e. The van der Waals surface area contributed by atoms with Crippen molar-refractivity contribution in [1.82, 2.24) is 0 Å². The SMILES string of the molecule is COc1cc(Cl)c(C)cc1NC(=O)[C@@H](C)OC(=O)c1ccc(SC)cc1. The Labute approximate surface area is 162 Å². The topological polar surface area (TPSA) is 64.6 Å². The number of hydrogen-bond donors (Lipinski definition) is 1. The van der Waals surface area contributed by atoms with Crippen molar-refractivity contribution < 1.29 is 19.1 Å². The Morgan fingerprint density at radius 1 is 1.19 bits per heavy atom. The number of nitrogens with one attached hydrogen (secondary N) is 1. The Morgan fingerprint density at radius 2 is 1.85 bits per heavy atom. The van der Waals surface area contributed by atoms with E-state index in [0.717, 1.165) is 10.5 Å². The Balaban J connectivity index is 2.05. The van der Waals surface area contributed by atoms with E-state index in [9.17, 15) is 9.59 Å². The third-order valence-electron chi connectivity index (χ3n) is 3.72. The van der Waals surface area contributed by atoms with Gasteiger partial charge in [-0.05, 0) is 56.0 Å². The summed E-state index contributed by atoms with van der Waals surface area (Å²) >= 11 is 7.64. The molecule has 0 fully saturated rings. The van der Waals surface area contributed by atoms with Crippen LogP contribution in [0.5, 0.6) is 5.75 Å². The Kier molecular flexibility index (Phi) is 6.94. The molecule has 5 nitrogen and oxygen atoms in total. The molecule has 1 atom stereocenters. The van der Waals surface area contributed by atoms with Gasteiger partial charge in [0.2, 0.25) is 0 Å². The van der Waals surface area contributed by atoms with Gasteiger partial charge in [-0.25, -0.2) is 4.79 Å². The molecular formula is C19H20ClNO4S.